The van der Waals surface area contributed by atoms with Gasteiger partial charge in [-0.25, -0.2) is 9.97 Å². The zero-order valence-corrected chi connectivity index (χ0v) is 29.4. The Hall–Kier alpha value is -5.91. The van der Waals surface area contributed by atoms with Crippen LogP contribution in [-0.2, 0) is 15.6 Å². The van der Waals surface area contributed by atoms with Crippen LogP contribution in [0.15, 0.2) is 146 Å². The summed E-state index contributed by atoms with van der Waals surface area (Å²) in [6.07, 6.45) is 8.41. The van der Waals surface area contributed by atoms with Gasteiger partial charge in [0, 0.05) is 0 Å². The van der Waals surface area contributed by atoms with Crippen molar-refractivity contribution in [2.75, 3.05) is 0 Å². The molecule has 2 aliphatic rings. The van der Waals surface area contributed by atoms with Gasteiger partial charge in [0.2, 0.25) is 0 Å². The van der Waals surface area contributed by atoms with Crippen molar-refractivity contribution < 1.29 is 20.0 Å². The Kier molecular flexibility index (Phi) is 9.43. The molecule has 3 aromatic heterocycles. The summed E-state index contributed by atoms with van der Waals surface area (Å²) in [4.78, 5) is 21.2. The molecule has 0 unspecified atom stereocenters. The average molecular weight is 735 g/mol. The molecule has 0 saturated heterocycles. The number of nitrogens with zero attached hydrogens (tertiary/aromatic N) is 4. The summed E-state index contributed by atoms with van der Waals surface area (Å²) < 4.78 is 9.71. The molecule has 4 aromatic carbocycles. The van der Waals surface area contributed by atoms with Gasteiger partial charge in [-0.05, 0) is 68.8 Å². The van der Waals surface area contributed by atoms with Gasteiger partial charge >= 0.3 is 35.7 Å². The van der Waals surface area contributed by atoms with Crippen LogP contribution < -0.4 is 9.97 Å². The molecule has 4 nitrogen and oxygen atoms in total. The third-order valence-electron chi connectivity index (χ3n) is 8.86. The summed E-state index contributed by atoms with van der Waals surface area (Å²) in [5.74, 6) is 0. The molecule has 0 aliphatic carbocycles. The molecular weight excluding hydrogens is 707 g/mol. The van der Waals surface area contributed by atoms with E-state index in [4.69, 9.17) is 19.9 Å². The zero-order chi connectivity index (χ0) is 35.4. The van der Waals surface area contributed by atoms with Crippen molar-refractivity contribution in [2.45, 2.75) is 0 Å². The van der Waals surface area contributed by atoms with Gasteiger partial charge in [-0.1, -0.05) is 146 Å². The van der Waals surface area contributed by atoms with Crippen molar-refractivity contribution in [2.24, 2.45) is 0 Å². The van der Waals surface area contributed by atoms with E-state index in [-0.39, 0.29) is 0 Å². The first kappa shape index (κ1) is 33.2. The van der Waals surface area contributed by atoms with E-state index in [0.29, 0.717) is 0 Å². The van der Waals surface area contributed by atoms with Gasteiger partial charge < -0.3 is 9.97 Å². The van der Waals surface area contributed by atoms with Crippen LogP contribution in [0.4, 0.5) is 4.39 Å². The van der Waals surface area contributed by atoms with Gasteiger partial charge in [-0.2, -0.15) is 0 Å². The fraction of sp³-hybridized carbons (Fsp3) is 0. The second-order valence-electron chi connectivity index (χ2n) is 12.0. The molecule has 0 radical (unpaired) electrons. The molecule has 0 amide bonds. The molecule has 8 bridgehead atoms. The maximum atomic E-state index is 10.6. The predicted octanol–water partition coefficient (Wildman–Crippen LogP) is 11.4. The summed E-state index contributed by atoms with van der Waals surface area (Å²) in [5.41, 5.74) is 15.0. The van der Waals surface area contributed by atoms with Gasteiger partial charge in [0.05, 0.1) is 22.8 Å². The molecule has 9 rings (SSSR count). The molecule has 5 heterocycles. The predicted molar refractivity (Wildman–Crippen MR) is 211 cm³/mol. The first-order valence-corrected chi connectivity index (χ1v) is 17.6. The van der Waals surface area contributed by atoms with Crippen molar-refractivity contribution in [3.05, 3.63) is 168 Å². The van der Waals surface area contributed by atoms with E-state index in [1.165, 1.54) is 0 Å². The second-order valence-corrected chi connectivity index (χ2v) is 13.1. The van der Waals surface area contributed by atoms with Crippen LogP contribution in [0.2, 0.25) is 0 Å². The van der Waals surface area contributed by atoms with Crippen LogP contribution in [0.1, 0.15) is 22.8 Å². The number of hydrogen-bond donors (Lipinski definition) is 0. The van der Waals surface area contributed by atoms with Gasteiger partial charge in [0.25, 0.3) is 0 Å². The average Bonchev–Trinajstić information content (AvgIpc) is 4.01. The van der Waals surface area contributed by atoms with Crippen LogP contribution in [0, 0.1) is 0 Å². The van der Waals surface area contributed by atoms with Gasteiger partial charge in [0.15, 0.2) is 0 Å². The zero-order valence-electron chi connectivity index (χ0n) is 27.6. The maximum absolute atomic E-state index is 10.6. The summed E-state index contributed by atoms with van der Waals surface area (Å²) in [5, 5.41) is 0. The number of benzene rings is 4. The number of rotatable bonds is 4. The Morgan fingerprint density at radius 1 is 0.404 bits per heavy atom. The van der Waals surface area contributed by atoms with E-state index >= 15 is 0 Å². The standard InChI is InChI=1S/C44H28N4.CClF.Fe/c1-5-13-29(14-6-1)41-33-21-23-35(45-33)42(30-15-7-2-8-16-30)37-25-27-39(47-37)44(32-19-11-4-12-20-32)40-28-26-38(48-40)43(31-17-9-3-10-18-31)36-24-22-34(41)46-36;2-1-3;/h1-28H;;/q-2;;. The Labute approximate surface area is 313 Å². The number of hydrogen-bond acceptors (Lipinski definition) is 2. The monoisotopic (exact) mass is 734 g/mol. The topological polar surface area (TPSA) is 54.0 Å². The van der Waals surface area contributed by atoms with Crippen LogP contribution in [-0.4, -0.2) is 14.1 Å². The molecular formula is C45H28ClFFeN4-2. The van der Waals surface area contributed by atoms with E-state index in [1.54, 1.807) is 0 Å². The van der Waals surface area contributed by atoms with Crippen LogP contribution in [0.5, 0.6) is 0 Å². The third-order valence-corrected chi connectivity index (χ3v) is 8.86. The van der Waals surface area contributed by atoms with Crippen molar-refractivity contribution in [3.8, 4) is 44.5 Å². The molecule has 0 N–H and O–H groups in total. The first-order chi connectivity index (χ1) is 25.5. The number of aromatic nitrogens is 4. The Morgan fingerprint density at radius 3 is 0.827 bits per heavy atom. The minimum atomic E-state index is -0.861. The Balaban J connectivity index is 0.000000922. The molecule has 52 heavy (non-hydrogen) atoms. The van der Waals surface area contributed by atoms with Crippen molar-refractivity contribution in [1.82, 2.24) is 19.9 Å². The normalized spacial score (nSPS) is 11.6. The van der Waals surface area contributed by atoms with Gasteiger partial charge in [0.1, 0.15) is 0 Å². The summed E-state index contributed by atoms with van der Waals surface area (Å²) >= 11 is 7.07. The molecule has 0 fully saturated rings. The molecule has 252 valence electrons. The molecule has 2 aliphatic heterocycles. The summed E-state index contributed by atoms with van der Waals surface area (Å²) in [6, 6.07) is 50.0. The van der Waals surface area contributed by atoms with E-state index in [2.05, 4.69) is 173 Å². The number of halogens is 2. The van der Waals surface area contributed by atoms with Crippen molar-refractivity contribution >= 4 is 62.1 Å². The second kappa shape index (κ2) is 14.7. The summed E-state index contributed by atoms with van der Waals surface area (Å²) in [6.45, 7) is 0. The van der Waals surface area contributed by atoms with Crippen LogP contribution >= 0.6 is 11.6 Å². The molecule has 0 spiro atoms. The quantitative estimate of drug-likeness (QED) is 0.169. The van der Waals surface area contributed by atoms with E-state index < -0.39 is 4.13 Å². The van der Waals surface area contributed by atoms with E-state index in [1.807, 2.05) is 24.3 Å². The molecule has 0 saturated carbocycles. The number of fused-ring (bicyclic) bond motifs is 8. The SMILES string of the molecule is C1=Cc2nc1c(-c1ccccc1)c1ccc([n-]1)c(-c1ccccc1)c1nc(c(-c3ccccc3)c3ccc([n-]3)c2-c2ccccc2)C=C1.F[C](Cl)=[Fe]. The Morgan fingerprint density at radius 2 is 0.615 bits per heavy atom. The first-order valence-electron chi connectivity index (χ1n) is 16.6. The van der Waals surface area contributed by atoms with Gasteiger partial charge in [-0.15, -0.1) is 22.1 Å². The minimum absolute atomic E-state index is 0.861. The fourth-order valence-corrected chi connectivity index (χ4v) is 6.69. The van der Waals surface area contributed by atoms with Crippen LogP contribution in [0.25, 0.3) is 90.9 Å². The fourth-order valence-electron chi connectivity index (χ4n) is 6.69. The Bertz CT molecular complexity index is 2300. The molecule has 7 aromatic rings. The molecule has 0 atom stereocenters. The van der Waals surface area contributed by atoms with Crippen molar-refractivity contribution in [3.63, 3.8) is 0 Å². The third kappa shape index (κ3) is 6.75. The van der Waals surface area contributed by atoms with Crippen molar-refractivity contribution in [1.29, 1.82) is 0 Å². The van der Waals surface area contributed by atoms with E-state index in [0.717, 1.165) is 89.4 Å². The summed E-state index contributed by atoms with van der Waals surface area (Å²) in [7, 11) is 0. The molecule has 7 heteroatoms. The van der Waals surface area contributed by atoms with Gasteiger partial charge in [-0.3, -0.25) is 0 Å². The van der Waals surface area contributed by atoms with Crippen LogP contribution in [0.3, 0.4) is 0 Å². The van der Waals surface area contributed by atoms with E-state index in [9.17, 15) is 4.39 Å².